The van der Waals surface area contributed by atoms with Crippen LogP contribution in [0.25, 0.3) is 12.2 Å². The molecule has 2 aromatic carbocycles. The van der Waals surface area contributed by atoms with E-state index in [1.165, 1.54) is 11.1 Å². The molecule has 0 radical (unpaired) electrons. The van der Waals surface area contributed by atoms with Crippen molar-refractivity contribution in [1.82, 2.24) is 0 Å². The van der Waals surface area contributed by atoms with Crippen molar-refractivity contribution in [3.8, 4) is 5.75 Å². The fraction of sp³-hybridized carbons (Fsp3) is 0.286. The smallest absolute Gasteiger partial charge is 0.303 e. The molecule has 0 spiro atoms. The van der Waals surface area contributed by atoms with Gasteiger partial charge in [-0.05, 0) is 59.6 Å². The number of carbonyl (C=O) groups is 1. The Balaban J connectivity index is 1.77. The van der Waals surface area contributed by atoms with E-state index in [1.54, 1.807) is 7.11 Å². The molecule has 124 valence electrons. The number of hydrogen-bond donors (Lipinski definition) is 1. The molecular formula is C21H22O3. The van der Waals surface area contributed by atoms with Gasteiger partial charge in [-0.15, -0.1) is 0 Å². The normalized spacial score (nSPS) is 16.8. The molecule has 0 amide bonds. The van der Waals surface area contributed by atoms with Crippen LogP contribution >= 0.6 is 0 Å². The highest BCUT2D eigenvalue weighted by Crippen LogP contribution is 2.34. The number of rotatable bonds is 5. The molecular weight excluding hydrogens is 300 g/mol. The number of aryl methyl sites for hydroxylation is 1. The summed E-state index contributed by atoms with van der Waals surface area (Å²) in [5.74, 6) is 0.299. The first-order valence-electron chi connectivity index (χ1n) is 8.32. The monoisotopic (exact) mass is 322 g/mol. The molecule has 1 unspecified atom stereocenters. The fourth-order valence-electron chi connectivity index (χ4n) is 3.37. The van der Waals surface area contributed by atoms with E-state index < -0.39 is 5.97 Å². The van der Waals surface area contributed by atoms with Gasteiger partial charge in [-0.2, -0.15) is 0 Å². The molecule has 1 aliphatic carbocycles. The standard InChI is InChI=1S/C21H22O3/c1-24-19-10-7-15(8-11-19)5-6-16-9-12-20-17(13-16)3-2-4-18(20)14-21(22)23/h5-13,18H,2-4,14H2,1H3,(H,22,23)/b6-5+. The number of carboxylic acid groups (broad SMARTS) is 1. The van der Waals surface area contributed by atoms with Crippen LogP contribution in [0, 0.1) is 0 Å². The van der Waals surface area contributed by atoms with E-state index in [0.717, 1.165) is 36.1 Å². The largest absolute Gasteiger partial charge is 0.497 e. The Labute approximate surface area is 142 Å². The van der Waals surface area contributed by atoms with Gasteiger partial charge >= 0.3 is 5.97 Å². The van der Waals surface area contributed by atoms with Crippen LogP contribution in [0.1, 0.15) is 47.4 Å². The quantitative estimate of drug-likeness (QED) is 0.807. The second-order valence-electron chi connectivity index (χ2n) is 6.25. The third-order valence-electron chi connectivity index (χ3n) is 4.61. The summed E-state index contributed by atoms with van der Waals surface area (Å²) in [7, 11) is 1.66. The average molecular weight is 322 g/mol. The van der Waals surface area contributed by atoms with Crippen molar-refractivity contribution in [2.24, 2.45) is 0 Å². The van der Waals surface area contributed by atoms with Crippen LogP contribution in [-0.2, 0) is 11.2 Å². The van der Waals surface area contributed by atoms with E-state index in [1.807, 2.05) is 24.3 Å². The van der Waals surface area contributed by atoms with E-state index in [2.05, 4.69) is 30.4 Å². The molecule has 0 bridgehead atoms. The summed E-state index contributed by atoms with van der Waals surface area (Å²) < 4.78 is 5.17. The van der Waals surface area contributed by atoms with Gasteiger partial charge in [-0.25, -0.2) is 0 Å². The molecule has 0 saturated carbocycles. The maximum atomic E-state index is 11.0. The molecule has 1 N–H and O–H groups in total. The van der Waals surface area contributed by atoms with Gasteiger partial charge in [-0.3, -0.25) is 4.79 Å². The van der Waals surface area contributed by atoms with Crippen LogP contribution in [0.4, 0.5) is 0 Å². The summed E-state index contributed by atoms with van der Waals surface area (Å²) in [6, 6.07) is 14.3. The van der Waals surface area contributed by atoms with E-state index in [4.69, 9.17) is 9.84 Å². The van der Waals surface area contributed by atoms with Crippen molar-refractivity contribution in [2.45, 2.75) is 31.6 Å². The number of ether oxygens (including phenoxy) is 1. The Kier molecular flexibility index (Phi) is 4.99. The second kappa shape index (κ2) is 7.35. The molecule has 24 heavy (non-hydrogen) atoms. The number of fused-ring (bicyclic) bond motifs is 1. The number of aliphatic carboxylic acids is 1. The highest BCUT2D eigenvalue weighted by molar-refractivity contribution is 5.71. The molecule has 0 aliphatic heterocycles. The zero-order chi connectivity index (χ0) is 16.9. The number of benzene rings is 2. The van der Waals surface area contributed by atoms with Gasteiger partial charge in [0.05, 0.1) is 13.5 Å². The van der Waals surface area contributed by atoms with Crippen molar-refractivity contribution >= 4 is 18.1 Å². The highest BCUT2D eigenvalue weighted by Gasteiger charge is 2.22. The van der Waals surface area contributed by atoms with Crippen LogP contribution in [0.3, 0.4) is 0 Å². The maximum Gasteiger partial charge on any atom is 0.303 e. The van der Waals surface area contributed by atoms with Gasteiger partial charge in [-0.1, -0.05) is 42.5 Å². The zero-order valence-corrected chi connectivity index (χ0v) is 13.9. The van der Waals surface area contributed by atoms with Crippen molar-refractivity contribution in [3.63, 3.8) is 0 Å². The minimum absolute atomic E-state index is 0.158. The minimum atomic E-state index is -0.712. The summed E-state index contributed by atoms with van der Waals surface area (Å²) in [5, 5.41) is 9.07. The Bertz CT molecular complexity index is 744. The summed E-state index contributed by atoms with van der Waals surface area (Å²) >= 11 is 0. The Morgan fingerprint density at radius 1 is 1.17 bits per heavy atom. The molecule has 2 aromatic rings. The van der Waals surface area contributed by atoms with Crippen molar-refractivity contribution < 1.29 is 14.6 Å². The van der Waals surface area contributed by atoms with Gasteiger partial charge < -0.3 is 9.84 Å². The Hall–Kier alpha value is -2.55. The molecule has 3 nitrogen and oxygen atoms in total. The zero-order valence-electron chi connectivity index (χ0n) is 13.9. The molecule has 3 rings (SSSR count). The summed E-state index contributed by atoms with van der Waals surface area (Å²) in [6.45, 7) is 0. The Morgan fingerprint density at radius 3 is 2.58 bits per heavy atom. The average Bonchev–Trinajstić information content (AvgIpc) is 2.60. The minimum Gasteiger partial charge on any atom is -0.497 e. The molecule has 0 aromatic heterocycles. The van der Waals surface area contributed by atoms with Gasteiger partial charge in [0.2, 0.25) is 0 Å². The molecule has 3 heteroatoms. The lowest BCUT2D eigenvalue weighted by molar-refractivity contribution is -0.137. The SMILES string of the molecule is COc1ccc(/C=C/c2ccc3c(c2)CCCC3CC(=O)O)cc1. The van der Waals surface area contributed by atoms with Crippen LogP contribution in [0.2, 0.25) is 0 Å². The first kappa shape index (κ1) is 16.3. The Morgan fingerprint density at radius 2 is 1.88 bits per heavy atom. The van der Waals surface area contributed by atoms with E-state index >= 15 is 0 Å². The highest BCUT2D eigenvalue weighted by atomic mass is 16.5. The summed E-state index contributed by atoms with van der Waals surface area (Å²) in [4.78, 5) is 11.0. The lowest BCUT2D eigenvalue weighted by atomic mass is 9.80. The molecule has 0 heterocycles. The third-order valence-corrected chi connectivity index (χ3v) is 4.61. The third kappa shape index (κ3) is 3.85. The van der Waals surface area contributed by atoms with E-state index in [0.29, 0.717) is 0 Å². The maximum absolute atomic E-state index is 11.0. The first-order valence-corrected chi connectivity index (χ1v) is 8.32. The predicted molar refractivity (Wildman–Crippen MR) is 96.3 cm³/mol. The predicted octanol–water partition coefficient (Wildman–Crippen LogP) is 4.76. The van der Waals surface area contributed by atoms with Crippen molar-refractivity contribution in [2.75, 3.05) is 7.11 Å². The number of methoxy groups -OCH3 is 1. The first-order chi connectivity index (χ1) is 11.7. The second-order valence-corrected chi connectivity index (χ2v) is 6.25. The van der Waals surface area contributed by atoms with Crippen molar-refractivity contribution in [1.29, 1.82) is 0 Å². The fourth-order valence-corrected chi connectivity index (χ4v) is 3.37. The molecule has 0 saturated heterocycles. The molecule has 1 aliphatic rings. The van der Waals surface area contributed by atoms with Gasteiger partial charge in [0, 0.05) is 0 Å². The van der Waals surface area contributed by atoms with E-state index in [9.17, 15) is 4.79 Å². The van der Waals surface area contributed by atoms with Crippen molar-refractivity contribution in [3.05, 3.63) is 64.7 Å². The van der Waals surface area contributed by atoms with Crippen LogP contribution in [-0.4, -0.2) is 18.2 Å². The van der Waals surface area contributed by atoms with Crippen LogP contribution in [0.5, 0.6) is 5.75 Å². The topological polar surface area (TPSA) is 46.5 Å². The summed E-state index contributed by atoms with van der Waals surface area (Å²) in [6.07, 6.45) is 7.49. The van der Waals surface area contributed by atoms with Crippen LogP contribution < -0.4 is 4.74 Å². The van der Waals surface area contributed by atoms with Crippen LogP contribution in [0.15, 0.2) is 42.5 Å². The summed E-state index contributed by atoms with van der Waals surface area (Å²) in [5.41, 5.74) is 4.78. The van der Waals surface area contributed by atoms with E-state index in [-0.39, 0.29) is 12.3 Å². The molecule has 0 fully saturated rings. The number of carboxylic acids is 1. The van der Waals surface area contributed by atoms with Gasteiger partial charge in [0.1, 0.15) is 5.75 Å². The lowest BCUT2D eigenvalue weighted by Crippen LogP contribution is -2.13. The van der Waals surface area contributed by atoms with Gasteiger partial charge in [0.25, 0.3) is 0 Å². The van der Waals surface area contributed by atoms with Gasteiger partial charge in [0.15, 0.2) is 0 Å². The number of hydrogen-bond acceptors (Lipinski definition) is 2. The lowest BCUT2D eigenvalue weighted by Gasteiger charge is -2.24. The molecule has 1 atom stereocenters.